The number of aryl methyl sites for hydroxylation is 3. The van der Waals surface area contributed by atoms with Crippen LogP contribution in [0.25, 0.3) is 5.57 Å². The highest BCUT2D eigenvalue weighted by molar-refractivity contribution is 6.30. The summed E-state index contributed by atoms with van der Waals surface area (Å²) in [7, 11) is 0. The van der Waals surface area contributed by atoms with Gasteiger partial charge in [0.2, 0.25) is 0 Å². The Morgan fingerprint density at radius 2 is 1.82 bits per heavy atom. The summed E-state index contributed by atoms with van der Waals surface area (Å²) in [4.78, 5) is 22.4. The molecule has 5 rings (SSSR count). The van der Waals surface area contributed by atoms with Crippen molar-refractivity contribution in [1.82, 2.24) is 9.88 Å². The maximum Gasteiger partial charge on any atom is 0.358 e. The second kappa shape index (κ2) is 11.6. The minimum atomic E-state index is -1.39. The Hall–Kier alpha value is -3.09. The Balaban J connectivity index is 1.25. The van der Waals surface area contributed by atoms with Crippen LogP contribution < -0.4 is 0 Å². The molecule has 1 aliphatic carbocycles. The Morgan fingerprint density at radius 1 is 1.05 bits per heavy atom. The number of rotatable bonds is 6. The summed E-state index contributed by atoms with van der Waals surface area (Å²) in [6, 6.07) is 15.3. The van der Waals surface area contributed by atoms with Crippen LogP contribution in [0.5, 0.6) is 0 Å². The first kappa shape index (κ1) is 27.5. The largest absolute Gasteiger partial charge is 0.358 e. The van der Waals surface area contributed by atoms with Crippen molar-refractivity contribution in [2.45, 2.75) is 57.8 Å². The molecular weight excluding hydrogens is 518 g/mol. The van der Waals surface area contributed by atoms with Gasteiger partial charge in [0.15, 0.2) is 0 Å². The lowest BCUT2D eigenvalue weighted by Crippen LogP contribution is -2.32. The zero-order chi connectivity index (χ0) is 27.6. The molecule has 2 heterocycles. The molecule has 7 heteroatoms. The number of fused-ring (bicyclic) bond motifs is 2. The molecule has 3 aromatic rings. The van der Waals surface area contributed by atoms with Gasteiger partial charge in [-0.3, -0.25) is 9.93 Å². The van der Waals surface area contributed by atoms with Crippen molar-refractivity contribution in [2.24, 2.45) is 0 Å². The average molecular weight is 551 g/mol. The van der Waals surface area contributed by atoms with E-state index in [1.54, 1.807) is 6.07 Å². The third kappa shape index (κ3) is 5.78. The number of pyridine rings is 1. The third-order valence-electron chi connectivity index (χ3n) is 8.17. The number of carbonyl (C=O) groups excluding carboxylic acids is 1. The van der Waals surface area contributed by atoms with Gasteiger partial charge in [0.05, 0.1) is 11.1 Å². The first-order valence-corrected chi connectivity index (χ1v) is 13.9. The van der Waals surface area contributed by atoms with E-state index >= 15 is 0 Å². The molecule has 2 aliphatic rings. The summed E-state index contributed by atoms with van der Waals surface area (Å²) >= 11 is 6.35. The second-order valence-electron chi connectivity index (χ2n) is 11.0. The summed E-state index contributed by atoms with van der Waals surface area (Å²) in [6.45, 7) is 5.76. The molecule has 4 nitrogen and oxygen atoms in total. The first-order valence-electron chi connectivity index (χ1n) is 13.6. The Bertz CT molecular complexity index is 1410. The molecule has 1 saturated heterocycles. The van der Waals surface area contributed by atoms with E-state index in [0.29, 0.717) is 0 Å². The first-order chi connectivity index (χ1) is 18.8. The van der Waals surface area contributed by atoms with Crippen molar-refractivity contribution in [3.63, 3.8) is 0 Å². The van der Waals surface area contributed by atoms with Crippen LogP contribution in [0, 0.1) is 5.82 Å². The van der Waals surface area contributed by atoms with E-state index in [0.717, 1.165) is 74.4 Å². The maximum atomic E-state index is 14.7. The van der Waals surface area contributed by atoms with Gasteiger partial charge in [0, 0.05) is 40.0 Å². The SMILES string of the molecule is CC(C)(C(=O)OF)c1ccc(CCCN2CCC(=C3c4ccc(Cl)cc4CCc4cccnc43)CC2)cc1F. The number of hydrogen-bond donors (Lipinski definition) is 0. The zero-order valence-electron chi connectivity index (χ0n) is 22.4. The number of likely N-dealkylation sites (tertiary alicyclic amines) is 1. The number of benzene rings is 2. The lowest BCUT2D eigenvalue weighted by Gasteiger charge is -2.30. The topological polar surface area (TPSA) is 42.4 Å². The van der Waals surface area contributed by atoms with Gasteiger partial charge in [-0.05, 0) is 105 Å². The van der Waals surface area contributed by atoms with Gasteiger partial charge < -0.3 is 4.90 Å². The smallest absolute Gasteiger partial charge is 0.303 e. The predicted octanol–water partition coefficient (Wildman–Crippen LogP) is 7.21. The van der Waals surface area contributed by atoms with Crippen molar-refractivity contribution in [2.75, 3.05) is 19.6 Å². The lowest BCUT2D eigenvalue weighted by atomic mass is 9.84. The number of nitrogens with zero attached hydrogens (tertiary/aromatic N) is 2. The fourth-order valence-corrected chi connectivity index (χ4v) is 6.06. The van der Waals surface area contributed by atoms with Gasteiger partial charge >= 0.3 is 5.97 Å². The van der Waals surface area contributed by atoms with Gasteiger partial charge in [-0.25, -0.2) is 9.18 Å². The zero-order valence-corrected chi connectivity index (χ0v) is 23.2. The van der Waals surface area contributed by atoms with E-state index in [9.17, 15) is 13.7 Å². The Kier molecular flexibility index (Phi) is 8.15. The number of hydrogen-bond acceptors (Lipinski definition) is 4. The van der Waals surface area contributed by atoms with Crippen LogP contribution in [-0.2, 0) is 34.4 Å². The summed E-state index contributed by atoms with van der Waals surface area (Å²) in [5, 5.41) is 0.771. The van der Waals surface area contributed by atoms with Gasteiger partial charge in [-0.15, -0.1) is 0 Å². The van der Waals surface area contributed by atoms with E-state index in [1.165, 1.54) is 47.8 Å². The number of halogens is 3. The van der Waals surface area contributed by atoms with Crippen molar-refractivity contribution in [1.29, 1.82) is 0 Å². The van der Waals surface area contributed by atoms with Crippen molar-refractivity contribution >= 4 is 23.1 Å². The van der Waals surface area contributed by atoms with Crippen LogP contribution in [0.2, 0.25) is 5.02 Å². The van der Waals surface area contributed by atoms with Crippen LogP contribution in [0.4, 0.5) is 8.92 Å². The summed E-state index contributed by atoms with van der Waals surface area (Å²) in [5.41, 5.74) is 7.27. The molecule has 0 bridgehead atoms. The Labute approximate surface area is 233 Å². The van der Waals surface area contributed by atoms with E-state index in [1.807, 2.05) is 24.4 Å². The molecule has 0 saturated carbocycles. The summed E-state index contributed by atoms with van der Waals surface area (Å²) < 4.78 is 27.2. The van der Waals surface area contributed by atoms with Crippen LogP contribution in [0.3, 0.4) is 0 Å². The maximum absolute atomic E-state index is 14.7. The molecule has 0 unspecified atom stereocenters. The molecule has 204 valence electrons. The normalized spacial score (nSPS) is 15.9. The van der Waals surface area contributed by atoms with E-state index in [-0.39, 0.29) is 5.56 Å². The van der Waals surface area contributed by atoms with Gasteiger partial charge in [-0.2, -0.15) is 0 Å². The molecule has 2 aromatic carbocycles. The standard InChI is InChI=1S/C32H33ClF2N2O2/c1-32(2,31(38)39-35)27-12-7-21(19-28(27)34)5-4-16-37-17-13-22(14-18-37)29-26-11-10-25(33)20-24(26)9-8-23-6-3-15-36-30(23)29/h3,6-7,10-12,15,19-20H,4-5,8-9,13-14,16-18H2,1-2H3. The molecular formula is C32H33ClF2N2O2. The highest BCUT2D eigenvalue weighted by Crippen LogP contribution is 2.38. The fourth-order valence-electron chi connectivity index (χ4n) is 5.86. The summed E-state index contributed by atoms with van der Waals surface area (Å²) in [6.07, 6.45) is 7.38. The van der Waals surface area contributed by atoms with Crippen LogP contribution >= 0.6 is 11.6 Å². The quantitative estimate of drug-likeness (QED) is 0.325. The number of carbonyl (C=O) groups is 1. The molecule has 0 amide bonds. The number of piperidine rings is 1. The van der Waals surface area contributed by atoms with Gasteiger partial charge in [0.1, 0.15) is 5.82 Å². The van der Waals surface area contributed by atoms with Crippen LogP contribution in [0.1, 0.15) is 66.6 Å². The van der Waals surface area contributed by atoms with Crippen LogP contribution in [-0.4, -0.2) is 35.5 Å². The molecule has 1 aromatic heterocycles. The molecule has 1 fully saturated rings. The van der Waals surface area contributed by atoms with E-state index < -0.39 is 17.2 Å². The minimum Gasteiger partial charge on any atom is -0.303 e. The molecule has 1 aliphatic heterocycles. The second-order valence-corrected chi connectivity index (χ2v) is 11.5. The molecule has 0 atom stereocenters. The monoisotopic (exact) mass is 550 g/mol. The lowest BCUT2D eigenvalue weighted by molar-refractivity contribution is -0.190. The van der Waals surface area contributed by atoms with E-state index in [2.05, 4.69) is 28.0 Å². The molecule has 39 heavy (non-hydrogen) atoms. The van der Waals surface area contributed by atoms with Gasteiger partial charge in [-0.1, -0.05) is 41.4 Å². The van der Waals surface area contributed by atoms with Gasteiger partial charge in [0.25, 0.3) is 0 Å². The average Bonchev–Trinajstić information content (AvgIpc) is 3.09. The van der Waals surface area contributed by atoms with E-state index in [4.69, 9.17) is 16.6 Å². The fraction of sp³-hybridized carbons (Fsp3) is 0.375. The molecule has 0 spiro atoms. The van der Waals surface area contributed by atoms with Crippen molar-refractivity contribution in [3.05, 3.63) is 105 Å². The third-order valence-corrected chi connectivity index (χ3v) is 8.40. The van der Waals surface area contributed by atoms with Crippen molar-refractivity contribution < 1.29 is 18.7 Å². The predicted molar refractivity (Wildman–Crippen MR) is 150 cm³/mol. The summed E-state index contributed by atoms with van der Waals surface area (Å²) in [5.74, 6) is -1.63. The van der Waals surface area contributed by atoms with Crippen LogP contribution in [0.15, 0.2) is 60.3 Å². The Morgan fingerprint density at radius 3 is 2.56 bits per heavy atom. The number of aromatic nitrogens is 1. The highest BCUT2D eigenvalue weighted by atomic mass is 35.5. The minimum absolute atomic E-state index is 0.129. The molecule has 0 N–H and O–H groups in total. The molecule has 0 radical (unpaired) electrons. The highest BCUT2D eigenvalue weighted by Gasteiger charge is 2.35. The van der Waals surface area contributed by atoms with Crippen molar-refractivity contribution in [3.8, 4) is 0 Å².